The second-order valence-electron chi connectivity index (χ2n) is 5.74. The summed E-state index contributed by atoms with van der Waals surface area (Å²) in [7, 11) is -3.17. The lowest BCUT2D eigenvalue weighted by molar-refractivity contribution is -0.384. The molecule has 2 rings (SSSR count). The Morgan fingerprint density at radius 2 is 1.96 bits per heavy atom. The summed E-state index contributed by atoms with van der Waals surface area (Å²) in [5, 5.41) is 11.2. The fraction of sp³-hybridized carbons (Fsp3) is 0.571. The summed E-state index contributed by atoms with van der Waals surface area (Å²) >= 11 is 0. The minimum absolute atomic E-state index is 0.232. The van der Waals surface area contributed by atoms with E-state index in [1.807, 2.05) is 0 Å². The van der Waals surface area contributed by atoms with Crippen molar-refractivity contribution in [3.63, 3.8) is 0 Å². The van der Waals surface area contributed by atoms with Crippen molar-refractivity contribution < 1.29 is 22.1 Å². The summed E-state index contributed by atoms with van der Waals surface area (Å²) in [4.78, 5) is 11.4. The van der Waals surface area contributed by atoms with Gasteiger partial charge in [-0.25, -0.2) is 8.42 Å². The van der Waals surface area contributed by atoms with Crippen LogP contribution in [0.1, 0.15) is 25.7 Å². The van der Waals surface area contributed by atoms with Crippen molar-refractivity contribution in [2.75, 3.05) is 18.5 Å². The van der Waals surface area contributed by atoms with Crippen LogP contribution in [-0.4, -0.2) is 32.7 Å². The third-order valence-corrected chi connectivity index (χ3v) is 5.50. The van der Waals surface area contributed by atoms with Crippen molar-refractivity contribution in [1.29, 1.82) is 0 Å². The number of halogens is 2. The van der Waals surface area contributed by atoms with Gasteiger partial charge in [0.1, 0.15) is 5.69 Å². The zero-order valence-corrected chi connectivity index (χ0v) is 13.4. The zero-order chi connectivity index (χ0) is 17.2. The predicted molar refractivity (Wildman–Crippen MR) is 81.5 cm³/mol. The van der Waals surface area contributed by atoms with E-state index in [2.05, 4.69) is 0 Å². The largest absolute Gasteiger partial charge is 0.369 e. The third kappa shape index (κ3) is 3.77. The first-order valence-electron chi connectivity index (χ1n) is 7.25. The van der Waals surface area contributed by atoms with Gasteiger partial charge < -0.3 is 4.90 Å². The number of nitrogens with zero attached hydrogens (tertiary/aromatic N) is 2. The molecule has 0 N–H and O–H groups in total. The van der Waals surface area contributed by atoms with Gasteiger partial charge in [0, 0.05) is 19.7 Å². The molecule has 1 aliphatic rings. The van der Waals surface area contributed by atoms with Crippen molar-refractivity contribution in [3.05, 3.63) is 28.3 Å². The van der Waals surface area contributed by atoms with Gasteiger partial charge in [-0.15, -0.1) is 0 Å². The van der Waals surface area contributed by atoms with Crippen LogP contribution in [0.2, 0.25) is 0 Å². The van der Waals surface area contributed by atoms with Crippen LogP contribution in [0.25, 0.3) is 0 Å². The number of alkyl halides is 2. The van der Waals surface area contributed by atoms with Crippen molar-refractivity contribution >= 4 is 21.2 Å². The number of hydrogen-bond acceptors (Lipinski definition) is 5. The molecule has 0 radical (unpaired) electrons. The van der Waals surface area contributed by atoms with Crippen molar-refractivity contribution in [2.24, 2.45) is 5.92 Å². The van der Waals surface area contributed by atoms with E-state index < -0.39 is 31.1 Å². The van der Waals surface area contributed by atoms with Crippen LogP contribution in [-0.2, 0) is 9.84 Å². The Balaban J connectivity index is 2.35. The van der Waals surface area contributed by atoms with Crippen molar-refractivity contribution in [2.45, 2.75) is 36.3 Å². The lowest BCUT2D eigenvalue weighted by Gasteiger charge is -2.23. The minimum Gasteiger partial charge on any atom is -0.369 e. The monoisotopic (exact) mass is 348 g/mol. The molecule has 0 spiro atoms. The van der Waals surface area contributed by atoms with Gasteiger partial charge in [-0.1, -0.05) is 12.8 Å². The summed E-state index contributed by atoms with van der Waals surface area (Å²) in [6.07, 6.45) is 4.37. The van der Waals surface area contributed by atoms with Crippen LogP contribution in [0.15, 0.2) is 23.1 Å². The van der Waals surface area contributed by atoms with Crippen LogP contribution in [0.4, 0.5) is 20.2 Å². The highest BCUT2D eigenvalue weighted by molar-refractivity contribution is 7.91. The van der Waals surface area contributed by atoms with Gasteiger partial charge in [0.15, 0.2) is 0 Å². The topological polar surface area (TPSA) is 80.5 Å². The average molecular weight is 348 g/mol. The first-order chi connectivity index (χ1) is 10.7. The first kappa shape index (κ1) is 17.6. The Morgan fingerprint density at radius 1 is 1.35 bits per heavy atom. The maximum absolute atomic E-state index is 12.6. The van der Waals surface area contributed by atoms with E-state index in [9.17, 15) is 27.3 Å². The van der Waals surface area contributed by atoms with Gasteiger partial charge in [-0.05, 0) is 30.9 Å². The Morgan fingerprint density at radius 3 is 2.48 bits per heavy atom. The molecule has 0 bridgehead atoms. The average Bonchev–Trinajstić information content (AvgIpc) is 2.99. The number of rotatable bonds is 6. The normalized spacial score (nSPS) is 16.0. The molecule has 0 unspecified atom stereocenters. The van der Waals surface area contributed by atoms with Gasteiger partial charge in [0.2, 0.25) is 9.84 Å². The molecule has 128 valence electrons. The summed E-state index contributed by atoms with van der Waals surface area (Å²) in [5.74, 6) is -3.17. The first-order valence-corrected chi connectivity index (χ1v) is 8.79. The molecular weight excluding hydrogens is 330 g/mol. The highest BCUT2D eigenvalue weighted by Gasteiger charge is 2.30. The fourth-order valence-electron chi connectivity index (χ4n) is 2.93. The zero-order valence-electron chi connectivity index (χ0n) is 12.6. The second-order valence-corrected chi connectivity index (χ2v) is 7.66. The molecule has 0 saturated heterocycles. The van der Waals surface area contributed by atoms with Crippen molar-refractivity contribution in [1.82, 2.24) is 0 Å². The van der Waals surface area contributed by atoms with E-state index in [4.69, 9.17) is 0 Å². The van der Waals surface area contributed by atoms with Crippen LogP contribution in [0.3, 0.4) is 0 Å². The Hall–Kier alpha value is -1.77. The summed E-state index contributed by atoms with van der Waals surface area (Å²) < 4.78 is 48.1. The fourth-order valence-corrected chi connectivity index (χ4v) is 3.67. The maximum Gasteiger partial charge on any atom is 0.341 e. The van der Waals surface area contributed by atoms with E-state index in [1.54, 1.807) is 11.9 Å². The van der Waals surface area contributed by atoms with Crippen LogP contribution in [0, 0.1) is 16.0 Å². The molecule has 1 aromatic carbocycles. The van der Waals surface area contributed by atoms with Gasteiger partial charge in [-0.2, -0.15) is 8.78 Å². The molecule has 0 aliphatic heterocycles. The Bertz CT molecular complexity index is 688. The van der Waals surface area contributed by atoms with Gasteiger partial charge in [-0.3, -0.25) is 10.1 Å². The van der Waals surface area contributed by atoms with Crippen molar-refractivity contribution in [3.8, 4) is 0 Å². The maximum atomic E-state index is 12.6. The summed E-state index contributed by atoms with van der Waals surface area (Å²) in [5.41, 5.74) is -0.248. The molecule has 0 aromatic heterocycles. The van der Waals surface area contributed by atoms with E-state index in [-0.39, 0.29) is 5.69 Å². The Kier molecular flexibility index (Phi) is 5.18. The molecule has 1 aliphatic carbocycles. The number of benzene rings is 1. The van der Waals surface area contributed by atoms with Gasteiger partial charge >= 0.3 is 5.76 Å². The minimum atomic E-state index is -4.85. The quantitative estimate of drug-likeness (QED) is 0.582. The predicted octanol–water partition coefficient (Wildman–Crippen LogP) is 3.22. The van der Waals surface area contributed by atoms with Crippen LogP contribution in [0.5, 0.6) is 0 Å². The number of hydrogen-bond donors (Lipinski definition) is 0. The smallest absolute Gasteiger partial charge is 0.341 e. The number of nitro benzene ring substituents is 1. The van der Waals surface area contributed by atoms with Crippen LogP contribution >= 0.6 is 0 Å². The molecule has 6 nitrogen and oxygen atoms in total. The highest BCUT2D eigenvalue weighted by Crippen LogP contribution is 2.34. The molecule has 1 saturated carbocycles. The lowest BCUT2D eigenvalue weighted by atomic mass is 10.1. The third-order valence-electron chi connectivity index (χ3n) is 4.12. The van der Waals surface area contributed by atoms with E-state index in [0.717, 1.165) is 31.7 Å². The highest BCUT2D eigenvalue weighted by atomic mass is 32.2. The standard InChI is InChI=1S/C14H18F2N2O4S/c1-17(9-10-4-2-3-5-10)12-7-6-11(8-13(12)18(19)20)23(21,22)14(15)16/h6-8,10,14H,2-5,9H2,1H3. The molecule has 0 amide bonds. The summed E-state index contributed by atoms with van der Waals surface area (Å²) in [6, 6.07) is 2.93. The Labute approximate surface area is 133 Å². The summed E-state index contributed by atoms with van der Waals surface area (Å²) in [6.45, 7) is 0.613. The van der Waals surface area contributed by atoms with E-state index in [0.29, 0.717) is 18.5 Å². The van der Waals surface area contributed by atoms with E-state index in [1.165, 1.54) is 6.07 Å². The van der Waals surface area contributed by atoms with Gasteiger partial charge in [0.05, 0.1) is 9.82 Å². The molecule has 1 aromatic rings. The number of nitro groups is 1. The SMILES string of the molecule is CN(CC1CCCC1)c1ccc(S(=O)(=O)C(F)F)cc1[N+](=O)[O-]. The molecule has 9 heteroatoms. The molecular formula is C14H18F2N2O4S. The lowest BCUT2D eigenvalue weighted by Crippen LogP contribution is -2.25. The number of anilines is 1. The number of sulfone groups is 1. The molecule has 0 heterocycles. The molecule has 23 heavy (non-hydrogen) atoms. The van der Waals surface area contributed by atoms with Gasteiger partial charge in [0.25, 0.3) is 5.69 Å². The molecule has 0 atom stereocenters. The van der Waals surface area contributed by atoms with E-state index >= 15 is 0 Å². The second kappa shape index (κ2) is 6.77. The molecule has 1 fully saturated rings. The van der Waals surface area contributed by atoms with Crippen LogP contribution < -0.4 is 4.90 Å².